The van der Waals surface area contributed by atoms with Gasteiger partial charge >= 0.3 is 0 Å². The standard InChI is InChI=1S/C11H23NO3/c1-3-9-6-12(5-4-11(9)14)7-10(13)8-15-2/h9-11,13-14H,3-8H2,1-2H3. The Kier molecular flexibility index (Phi) is 5.53. The minimum Gasteiger partial charge on any atom is -0.393 e. The van der Waals surface area contributed by atoms with Crippen LogP contribution in [0.4, 0.5) is 0 Å². The first-order valence-corrected chi connectivity index (χ1v) is 5.74. The summed E-state index contributed by atoms with van der Waals surface area (Å²) in [4.78, 5) is 2.21. The van der Waals surface area contributed by atoms with Crippen molar-refractivity contribution in [3.63, 3.8) is 0 Å². The minimum atomic E-state index is -0.414. The molecule has 1 aliphatic rings. The summed E-state index contributed by atoms with van der Waals surface area (Å²) in [5, 5.41) is 19.3. The fourth-order valence-electron chi connectivity index (χ4n) is 2.21. The molecule has 0 aromatic heterocycles. The quantitative estimate of drug-likeness (QED) is 0.685. The van der Waals surface area contributed by atoms with Crippen molar-refractivity contribution in [3.8, 4) is 0 Å². The number of likely N-dealkylation sites (tertiary alicyclic amines) is 1. The fourth-order valence-corrected chi connectivity index (χ4v) is 2.21. The molecule has 0 radical (unpaired) electrons. The average Bonchev–Trinajstić information content (AvgIpc) is 2.21. The third-order valence-electron chi connectivity index (χ3n) is 3.13. The number of nitrogens with zero attached hydrogens (tertiary/aromatic N) is 1. The lowest BCUT2D eigenvalue weighted by Crippen LogP contribution is -2.46. The second-order valence-electron chi connectivity index (χ2n) is 4.39. The average molecular weight is 217 g/mol. The number of methoxy groups -OCH3 is 1. The fraction of sp³-hybridized carbons (Fsp3) is 1.00. The molecule has 1 saturated heterocycles. The van der Waals surface area contributed by atoms with E-state index in [2.05, 4.69) is 11.8 Å². The van der Waals surface area contributed by atoms with E-state index in [1.807, 2.05) is 0 Å². The van der Waals surface area contributed by atoms with Gasteiger partial charge in [-0.25, -0.2) is 0 Å². The molecule has 0 bridgehead atoms. The first kappa shape index (κ1) is 12.9. The predicted molar refractivity (Wildman–Crippen MR) is 58.7 cm³/mol. The van der Waals surface area contributed by atoms with Crippen molar-refractivity contribution in [1.29, 1.82) is 0 Å². The smallest absolute Gasteiger partial charge is 0.0900 e. The molecular weight excluding hydrogens is 194 g/mol. The molecule has 1 fully saturated rings. The second kappa shape index (κ2) is 6.43. The number of piperidine rings is 1. The zero-order valence-corrected chi connectivity index (χ0v) is 9.72. The molecule has 0 amide bonds. The van der Waals surface area contributed by atoms with Gasteiger partial charge in [0, 0.05) is 26.7 Å². The molecule has 1 heterocycles. The Morgan fingerprint density at radius 3 is 2.87 bits per heavy atom. The van der Waals surface area contributed by atoms with E-state index in [9.17, 15) is 10.2 Å². The first-order valence-electron chi connectivity index (χ1n) is 5.74. The molecule has 2 N–H and O–H groups in total. The summed E-state index contributed by atoms with van der Waals surface area (Å²) in [6.07, 6.45) is 1.24. The summed E-state index contributed by atoms with van der Waals surface area (Å²) in [6.45, 7) is 4.90. The summed E-state index contributed by atoms with van der Waals surface area (Å²) >= 11 is 0. The lowest BCUT2D eigenvalue weighted by Gasteiger charge is -2.36. The van der Waals surface area contributed by atoms with Crippen LogP contribution >= 0.6 is 0 Å². The Bertz CT molecular complexity index is 177. The number of hydrogen-bond acceptors (Lipinski definition) is 4. The van der Waals surface area contributed by atoms with Crippen LogP contribution in [0.3, 0.4) is 0 Å². The van der Waals surface area contributed by atoms with E-state index in [1.54, 1.807) is 7.11 Å². The maximum atomic E-state index is 9.71. The summed E-state index contributed by atoms with van der Waals surface area (Å²) in [5.41, 5.74) is 0. The van der Waals surface area contributed by atoms with Crippen LogP contribution < -0.4 is 0 Å². The summed E-state index contributed by atoms with van der Waals surface area (Å²) < 4.78 is 4.89. The van der Waals surface area contributed by atoms with E-state index in [1.165, 1.54) is 0 Å². The van der Waals surface area contributed by atoms with Crippen LogP contribution in [0.2, 0.25) is 0 Å². The van der Waals surface area contributed by atoms with Gasteiger partial charge in [-0.2, -0.15) is 0 Å². The van der Waals surface area contributed by atoms with Crippen LogP contribution in [-0.2, 0) is 4.74 Å². The van der Waals surface area contributed by atoms with Gasteiger partial charge in [0.15, 0.2) is 0 Å². The van der Waals surface area contributed by atoms with Gasteiger partial charge in [0.25, 0.3) is 0 Å². The highest BCUT2D eigenvalue weighted by Gasteiger charge is 2.27. The molecule has 3 unspecified atom stereocenters. The molecule has 0 spiro atoms. The molecule has 0 aromatic rings. The molecule has 4 heteroatoms. The highest BCUT2D eigenvalue weighted by atomic mass is 16.5. The van der Waals surface area contributed by atoms with Crippen LogP contribution in [0, 0.1) is 5.92 Å². The first-order chi connectivity index (χ1) is 7.17. The Balaban J connectivity index is 2.31. The summed E-state index contributed by atoms with van der Waals surface area (Å²) in [6, 6.07) is 0. The molecule has 0 aromatic carbocycles. The van der Waals surface area contributed by atoms with Crippen molar-refractivity contribution >= 4 is 0 Å². The minimum absolute atomic E-state index is 0.161. The zero-order valence-electron chi connectivity index (χ0n) is 9.72. The maximum absolute atomic E-state index is 9.71. The SMILES string of the molecule is CCC1CN(CC(O)COC)CCC1O. The number of ether oxygens (including phenoxy) is 1. The summed E-state index contributed by atoms with van der Waals surface area (Å²) in [7, 11) is 1.60. The van der Waals surface area contributed by atoms with Gasteiger partial charge in [-0.15, -0.1) is 0 Å². The lowest BCUT2D eigenvalue weighted by atomic mass is 9.92. The van der Waals surface area contributed by atoms with E-state index >= 15 is 0 Å². The number of rotatable bonds is 5. The normalized spacial score (nSPS) is 30.4. The molecule has 1 aliphatic heterocycles. The third kappa shape index (κ3) is 4.07. The molecule has 15 heavy (non-hydrogen) atoms. The van der Waals surface area contributed by atoms with Gasteiger partial charge in [0.1, 0.15) is 0 Å². The van der Waals surface area contributed by atoms with Crippen molar-refractivity contribution in [1.82, 2.24) is 4.90 Å². The van der Waals surface area contributed by atoms with Crippen molar-refractivity contribution in [2.75, 3.05) is 33.4 Å². The zero-order chi connectivity index (χ0) is 11.3. The second-order valence-corrected chi connectivity index (χ2v) is 4.39. The van der Waals surface area contributed by atoms with Gasteiger partial charge in [0.2, 0.25) is 0 Å². The molecule has 0 aliphatic carbocycles. The van der Waals surface area contributed by atoms with Crippen LogP contribution in [-0.4, -0.2) is 60.7 Å². The van der Waals surface area contributed by atoms with Crippen LogP contribution in [0.15, 0.2) is 0 Å². The van der Waals surface area contributed by atoms with Gasteiger partial charge in [-0.1, -0.05) is 6.92 Å². The maximum Gasteiger partial charge on any atom is 0.0900 e. The Morgan fingerprint density at radius 2 is 2.27 bits per heavy atom. The van der Waals surface area contributed by atoms with Crippen LogP contribution in [0.5, 0.6) is 0 Å². The van der Waals surface area contributed by atoms with E-state index < -0.39 is 6.10 Å². The predicted octanol–water partition coefficient (Wildman–Crippen LogP) is 0.0865. The van der Waals surface area contributed by atoms with Crippen molar-refractivity contribution in [2.24, 2.45) is 5.92 Å². The largest absolute Gasteiger partial charge is 0.393 e. The van der Waals surface area contributed by atoms with Gasteiger partial charge in [0.05, 0.1) is 18.8 Å². The van der Waals surface area contributed by atoms with E-state index in [0.29, 0.717) is 19.1 Å². The Labute approximate surface area is 91.8 Å². The number of aliphatic hydroxyl groups is 2. The van der Waals surface area contributed by atoms with Gasteiger partial charge < -0.3 is 19.8 Å². The van der Waals surface area contributed by atoms with Crippen molar-refractivity contribution in [3.05, 3.63) is 0 Å². The molecular formula is C11H23NO3. The Morgan fingerprint density at radius 1 is 1.53 bits per heavy atom. The van der Waals surface area contributed by atoms with E-state index in [-0.39, 0.29) is 6.10 Å². The van der Waals surface area contributed by atoms with Crippen molar-refractivity contribution < 1.29 is 14.9 Å². The van der Waals surface area contributed by atoms with E-state index in [4.69, 9.17) is 4.74 Å². The molecule has 4 nitrogen and oxygen atoms in total. The van der Waals surface area contributed by atoms with Gasteiger partial charge in [-0.3, -0.25) is 0 Å². The van der Waals surface area contributed by atoms with E-state index in [0.717, 1.165) is 25.9 Å². The third-order valence-corrected chi connectivity index (χ3v) is 3.13. The lowest BCUT2D eigenvalue weighted by molar-refractivity contribution is -0.00914. The number of aliphatic hydroxyl groups excluding tert-OH is 2. The highest BCUT2D eigenvalue weighted by Crippen LogP contribution is 2.19. The number of β-amino-alcohol motifs (C(OH)–C–C–N with tert-alkyl or cyclic N) is 1. The summed E-state index contributed by atoms with van der Waals surface area (Å²) in [5.74, 6) is 0.355. The Hall–Kier alpha value is -0.160. The molecule has 90 valence electrons. The monoisotopic (exact) mass is 217 g/mol. The molecule has 1 rings (SSSR count). The highest BCUT2D eigenvalue weighted by molar-refractivity contribution is 4.80. The van der Waals surface area contributed by atoms with Crippen LogP contribution in [0.1, 0.15) is 19.8 Å². The molecule has 0 saturated carbocycles. The van der Waals surface area contributed by atoms with Gasteiger partial charge in [-0.05, 0) is 18.8 Å². The van der Waals surface area contributed by atoms with Crippen LogP contribution in [0.25, 0.3) is 0 Å². The number of hydrogen-bond donors (Lipinski definition) is 2. The topological polar surface area (TPSA) is 52.9 Å². The molecule has 3 atom stereocenters. The van der Waals surface area contributed by atoms with Crippen molar-refractivity contribution in [2.45, 2.75) is 32.0 Å².